The molecule has 0 fully saturated rings. The smallest absolute Gasteiger partial charge is 0.335 e. The summed E-state index contributed by atoms with van der Waals surface area (Å²) in [6, 6.07) is 6.72. The van der Waals surface area contributed by atoms with Gasteiger partial charge in [0.15, 0.2) is 0 Å². The van der Waals surface area contributed by atoms with E-state index in [1.165, 1.54) is 19.3 Å². The summed E-state index contributed by atoms with van der Waals surface area (Å²) in [6.45, 7) is 9.15. The van der Waals surface area contributed by atoms with Crippen LogP contribution in [-0.2, 0) is 0 Å². The summed E-state index contributed by atoms with van der Waals surface area (Å²) < 4.78 is 6.13. The molecular weight excluding hydrogens is 268 g/mol. The highest BCUT2D eigenvalue weighted by Crippen LogP contribution is 2.22. The largest absolute Gasteiger partial charge is 0.494 e. The maximum absolute atomic E-state index is 10.8. The van der Waals surface area contributed by atoms with Gasteiger partial charge in [0.05, 0.1) is 19.4 Å². The maximum Gasteiger partial charge on any atom is 0.335 e. The zero-order chi connectivity index (χ0) is 15.2. The number of hydrogen-bond acceptors (Lipinski definition) is 2. The lowest BCUT2D eigenvalue weighted by molar-refractivity contribution is 0.0697. The fourth-order valence-electron chi connectivity index (χ4n) is 2.09. The lowest BCUT2D eigenvalue weighted by Gasteiger charge is -2.29. The molecule has 3 nitrogen and oxygen atoms in total. The average molecular weight is 294 g/mol. The number of aromatic carboxylic acids is 1. The van der Waals surface area contributed by atoms with Crippen LogP contribution in [0.3, 0.4) is 0 Å². The Hall–Kier alpha value is -1.29. The second kappa shape index (κ2) is 7.48. The standard InChI is InChI=1S/C16H26O3Si/c1-5-6-7-8-15(20(2,3)4)19-14-11-9-13(10-12-14)16(17)18/h9-12,15H,5-8H2,1-4H3,(H,17,18). The highest BCUT2D eigenvalue weighted by Gasteiger charge is 2.28. The molecule has 0 aliphatic heterocycles. The molecule has 1 aromatic rings. The Morgan fingerprint density at radius 1 is 1.20 bits per heavy atom. The lowest BCUT2D eigenvalue weighted by atomic mass is 10.2. The average Bonchev–Trinajstić information content (AvgIpc) is 2.37. The van der Waals surface area contributed by atoms with Crippen molar-refractivity contribution in [2.75, 3.05) is 0 Å². The van der Waals surface area contributed by atoms with Crippen molar-refractivity contribution in [1.82, 2.24) is 0 Å². The van der Waals surface area contributed by atoms with Crippen LogP contribution in [0, 0.1) is 0 Å². The van der Waals surface area contributed by atoms with E-state index in [0.717, 1.165) is 12.2 Å². The van der Waals surface area contributed by atoms with Crippen molar-refractivity contribution in [1.29, 1.82) is 0 Å². The van der Waals surface area contributed by atoms with E-state index in [-0.39, 0.29) is 5.73 Å². The van der Waals surface area contributed by atoms with E-state index in [2.05, 4.69) is 26.6 Å². The third-order valence-electron chi connectivity index (χ3n) is 3.42. The van der Waals surface area contributed by atoms with E-state index in [0.29, 0.717) is 5.56 Å². The molecule has 0 aliphatic carbocycles. The third-order valence-corrected chi connectivity index (χ3v) is 5.75. The molecule has 0 radical (unpaired) electrons. The van der Waals surface area contributed by atoms with Crippen molar-refractivity contribution >= 4 is 14.0 Å². The molecule has 0 bridgehead atoms. The van der Waals surface area contributed by atoms with E-state index in [1.807, 2.05) is 0 Å². The molecule has 1 rings (SSSR count). The van der Waals surface area contributed by atoms with Gasteiger partial charge in [0.1, 0.15) is 5.75 Å². The van der Waals surface area contributed by atoms with E-state index in [4.69, 9.17) is 9.84 Å². The van der Waals surface area contributed by atoms with Crippen LogP contribution in [0.1, 0.15) is 43.0 Å². The van der Waals surface area contributed by atoms with Crippen molar-refractivity contribution in [2.45, 2.75) is 58.0 Å². The van der Waals surface area contributed by atoms with Crippen LogP contribution < -0.4 is 4.74 Å². The monoisotopic (exact) mass is 294 g/mol. The summed E-state index contributed by atoms with van der Waals surface area (Å²) in [5.41, 5.74) is 0.581. The SMILES string of the molecule is CCCCCC(Oc1ccc(C(=O)O)cc1)[Si](C)(C)C. The molecule has 112 valence electrons. The minimum atomic E-state index is -1.39. The van der Waals surface area contributed by atoms with Gasteiger partial charge in [-0.3, -0.25) is 0 Å². The Morgan fingerprint density at radius 2 is 1.80 bits per heavy atom. The Labute approximate surface area is 123 Å². The molecule has 0 spiro atoms. The Bertz CT molecular complexity index is 420. The highest BCUT2D eigenvalue weighted by molar-refractivity contribution is 6.77. The van der Waals surface area contributed by atoms with Gasteiger partial charge in [0, 0.05) is 0 Å². The zero-order valence-corrected chi connectivity index (χ0v) is 14.0. The van der Waals surface area contributed by atoms with E-state index in [1.54, 1.807) is 24.3 Å². The number of unbranched alkanes of at least 4 members (excludes halogenated alkanes) is 2. The molecule has 0 saturated heterocycles. The van der Waals surface area contributed by atoms with Crippen molar-refractivity contribution in [3.63, 3.8) is 0 Å². The van der Waals surface area contributed by atoms with Gasteiger partial charge in [0.2, 0.25) is 0 Å². The van der Waals surface area contributed by atoms with Crippen molar-refractivity contribution in [2.24, 2.45) is 0 Å². The summed E-state index contributed by atoms with van der Waals surface area (Å²) in [6.07, 6.45) is 4.73. The van der Waals surface area contributed by atoms with Gasteiger partial charge >= 0.3 is 5.97 Å². The van der Waals surface area contributed by atoms with Crippen LogP contribution in [0.25, 0.3) is 0 Å². The molecule has 4 heteroatoms. The van der Waals surface area contributed by atoms with Crippen molar-refractivity contribution in [3.05, 3.63) is 29.8 Å². The second-order valence-corrected chi connectivity index (χ2v) is 11.7. The highest BCUT2D eigenvalue weighted by atomic mass is 28.3. The molecule has 0 aliphatic rings. The van der Waals surface area contributed by atoms with Crippen LogP contribution >= 0.6 is 0 Å². The molecule has 0 aromatic heterocycles. The number of ether oxygens (including phenoxy) is 1. The number of hydrogen-bond donors (Lipinski definition) is 1. The van der Waals surface area contributed by atoms with Crippen LogP contribution in [0.4, 0.5) is 0 Å². The Morgan fingerprint density at radius 3 is 2.25 bits per heavy atom. The fraction of sp³-hybridized carbons (Fsp3) is 0.562. The van der Waals surface area contributed by atoms with E-state index in [9.17, 15) is 4.79 Å². The van der Waals surface area contributed by atoms with Gasteiger partial charge in [-0.05, 0) is 30.7 Å². The normalized spacial score (nSPS) is 13.0. The molecule has 1 N–H and O–H groups in total. The molecular formula is C16H26O3Si. The quantitative estimate of drug-likeness (QED) is 0.563. The van der Waals surface area contributed by atoms with E-state index < -0.39 is 14.0 Å². The predicted molar refractivity (Wildman–Crippen MR) is 85.3 cm³/mol. The maximum atomic E-state index is 10.8. The van der Waals surface area contributed by atoms with Gasteiger partial charge < -0.3 is 9.84 Å². The number of carboxylic acids is 1. The molecule has 20 heavy (non-hydrogen) atoms. The van der Waals surface area contributed by atoms with Crippen LogP contribution in [0.2, 0.25) is 19.6 Å². The first-order valence-electron chi connectivity index (χ1n) is 7.34. The van der Waals surface area contributed by atoms with Gasteiger partial charge in [0.25, 0.3) is 0 Å². The molecule has 1 unspecified atom stereocenters. The van der Waals surface area contributed by atoms with Crippen LogP contribution in [0.5, 0.6) is 5.75 Å². The van der Waals surface area contributed by atoms with Crippen molar-refractivity contribution in [3.8, 4) is 5.75 Å². The number of rotatable bonds is 8. The number of benzene rings is 1. The van der Waals surface area contributed by atoms with Gasteiger partial charge in [-0.15, -0.1) is 0 Å². The summed E-state index contributed by atoms with van der Waals surface area (Å²) >= 11 is 0. The third kappa shape index (κ3) is 5.37. The number of carboxylic acid groups (broad SMARTS) is 1. The van der Waals surface area contributed by atoms with Crippen LogP contribution in [-0.4, -0.2) is 24.9 Å². The minimum Gasteiger partial charge on any atom is -0.494 e. The predicted octanol–water partition coefficient (Wildman–Crippen LogP) is 4.59. The summed E-state index contributed by atoms with van der Waals surface area (Å²) in [4.78, 5) is 10.8. The van der Waals surface area contributed by atoms with Gasteiger partial charge in [-0.1, -0.05) is 45.8 Å². The molecule has 1 aromatic carbocycles. The summed E-state index contributed by atoms with van der Waals surface area (Å²) in [5, 5.41) is 8.90. The van der Waals surface area contributed by atoms with E-state index >= 15 is 0 Å². The molecule has 0 amide bonds. The fourth-order valence-corrected chi connectivity index (χ4v) is 3.65. The van der Waals surface area contributed by atoms with Gasteiger partial charge in [-0.25, -0.2) is 4.79 Å². The van der Waals surface area contributed by atoms with Crippen molar-refractivity contribution < 1.29 is 14.6 Å². The summed E-state index contributed by atoms with van der Waals surface area (Å²) in [7, 11) is -1.39. The van der Waals surface area contributed by atoms with Crippen LogP contribution in [0.15, 0.2) is 24.3 Å². The summed E-state index contributed by atoms with van der Waals surface area (Å²) in [5.74, 6) is -0.125. The molecule has 1 atom stereocenters. The first kappa shape index (κ1) is 16.8. The lowest BCUT2D eigenvalue weighted by Crippen LogP contribution is -2.42. The number of carbonyl (C=O) groups is 1. The topological polar surface area (TPSA) is 46.5 Å². The molecule has 0 heterocycles. The second-order valence-electron chi connectivity index (χ2n) is 6.30. The van der Waals surface area contributed by atoms with Gasteiger partial charge in [-0.2, -0.15) is 0 Å². The zero-order valence-electron chi connectivity index (χ0n) is 13.0. The Kier molecular flexibility index (Phi) is 6.27. The Balaban J connectivity index is 2.71. The first-order chi connectivity index (χ1) is 9.34. The molecule has 0 saturated carbocycles. The minimum absolute atomic E-state index is 0.282. The first-order valence-corrected chi connectivity index (χ1v) is 10.9.